The average molecular weight is 648 g/mol. The highest BCUT2D eigenvalue weighted by atomic mass is 32.2. The number of allylic oxidation sites excluding steroid dienone is 3. The molecule has 4 saturated carbocycles. The van der Waals surface area contributed by atoms with Crippen LogP contribution in [-0.2, 0) is 9.84 Å². The lowest BCUT2D eigenvalue weighted by Gasteiger charge is -2.72. The molecule has 252 valence electrons. The van der Waals surface area contributed by atoms with Gasteiger partial charge in [0.15, 0.2) is 9.84 Å². The molecule has 5 aliphatic carbocycles. The smallest absolute Gasteiger partial charge is 0.335 e. The van der Waals surface area contributed by atoms with Crippen molar-refractivity contribution < 1.29 is 18.3 Å². The minimum atomic E-state index is -2.84. The first-order valence-corrected chi connectivity index (χ1v) is 20.1. The van der Waals surface area contributed by atoms with E-state index in [1.54, 1.807) is 12.1 Å². The summed E-state index contributed by atoms with van der Waals surface area (Å²) in [5.74, 6) is 2.63. The van der Waals surface area contributed by atoms with Crippen molar-refractivity contribution in [2.24, 2.45) is 50.7 Å². The summed E-state index contributed by atoms with van der Waals surface area (Å²) in [5.41, 5.74) is 4.27. The summed E-state index contributed by atoms with van der Waals surface area (Å²) in [6, 6.07) is 7.59. The molecule has 1 N–H and O–H groups in total. The van der Waals surface area contributed by atoms with Gasteiger partial charge in [-0.05, 0) is 132 Å². The van der Waals surface area contributed by atoms with Crippen molar-refractivity contribution in [2.45, 2.75) is 98.8 Å². The SMILES string of the molecule is CC1(C)C(c2ccc(C(=O)O)cc2)=CC[C@@]2(C)C1CC[C@]1(C)C2CC[C@@H]2[C@H]3CCC[C@]3(/C=C/CN3CCS(=O)(=O)CC3)CC[C@]21C. The first-order chi connectivity index (χ1) is 21.7. The molecule has 7 rings (SSSR count). The molecule has 1 aromatic rings. The predicted molar refractivity (Wildman–Crippen MR) is 186 cm³/mol. The lowest BCUT2D eigenvalue weighted by Crippen LogP contribution is -2.64. The highest BCUT2D eigenvalue weighted by Crippen LogP contribution is 2.77. The fourth-order valence-corrected chi connectivity index (χ4v) is 14.4. The number of carbonyl (C=O) groups is 1. The van der Waals surface area contributed by atoms with Gasteiger partial charge in [-0.1, -0.05) is 71.4 Å². The van der Waals surface area contributed by atoms with Crippen LogP contribution in [0.1, 0.15) is 115 Å². The van der Waals surface area contributed by atoms with Crippen LogP contribution in [0.25, 0.3) is 5.57 Å². The lowest BCUT2D eigenvalue weighted by atomic mass is 9.32. The maximum atomic E-state index is 11.9. The monoisotopic (exact) mass is 647 g/mol. The minimum Gasteiger partial charge on any atom is -0.478 e. The molecule has 6 aliphatic rings. The van der Waals surface area contributed by atoms with E-state index in [1.165, 1.54) is 68.9 Å². The lowest BCUT2D eigenvalue weighted by molar-refractivity contribution is -0.218. The van der Waals surface area contributed by atoms with Gasteiger partial charge in [0.1, 0.15) is 0 Å². The fraction of sp³-hybridized carbons (Fsp3) is 0.725. The summed E-state index contributed by atoms with van der Waals surface area (Å²) in [4.78, 5) is 13.8. The second-order valence-corrected chi connectivity index (χ2v) is 20.0. The average Bonchev–Trinajstić information content (AvgIpc) is 3.42. The van der Waals surface area contributed by atoms with Gasteiger partial charge in [0.05, 0.1) is 17.1 Å². The molecule has 5 nitrogen and oxygen atoms in total. The quantitative estimate of drug-likeness (QED) is 0.324. The van der Waals surface area contributed by atoms with E-state index in [9.17, 15) is 18.3 Å². The largest absolute Gasteiger partial charge is 0.478 e. The standard InChI is InChI=1S/C40H57NO4S/c1-36(2)30(28-9-11-29(12-10-28)35(42)43)15-19-37(3)33(36)16-20-39(5)34(37)14-13-31-32-8-6-17-40(32,22-21-38(31,39)4)18-7-23-41-24-26-46(44,45)27-25-41/h7,9-12,15,18,31-34H,6,8,13-14,16-17,19-27H2,1-5H3,(H,42,43)/b18-7+/t31-,32-,33?,34?,37+,38-,39-,40+/m1/s1. The molecule has 0 amide bonds. The Balaban J connectivity index is 1.13. The molecule has 5 fully saturated rings. The predicted octanol–water partition coefficient (Wildman–Crippen LogP) is 8.52. The molecule has 8 atom stereocenters. The molecule has 46 heavy (non-hydrogen) atoms. The Morgan fingerprint density at radius 3 is 2.28 bits per heavy atom. The zero-order chi connectivity index (χ0) is 32.8. The first kappa shape index (κ1) is 32.6. The van der Waals surface area contributed by atoms with Crippen LogP contribution >= 0.6 is 0 Å². The van der Waals surface area contributed by atoms with Gasteiger partial charge in [-0.3, -0.25) is 4.90 Å². The Hall–Kier alpha value is -1.92. The summed E-state index contributed by atoms with van der Waals surface area (Å²) < 4.78 is 23.8. The van der Waals surface area contributed by atoms with Crippen molar-refractivity contribution in [3.63, 3.8) is 0 Å². The van der Waals surface area contributed by atoms with Crippen molar-refractivity contribution in [1.29, 1.82) is 0 Å². The van der Waals surface area contributed by atoms with Crippen LogP contribution in [0.5, 0.6) is 0 Å². The number of hydrogen-bond acceptors (Lipinski definition) is 4. The molecule has 0 bridgehead atoms. The molecular formula is C40H57NO4S. The van der Waals surface area contributed by atoms with Crippen molar-refractivity contribution in [3.05, 3.63) is 53.6 Å². The van der Waals surface area contributed by atoms with Crippen LogP contribution in [0, 0.1) is 50.7 Å². The summed E-state index contributed by atoms with van der Waals surface area (Å²) in [5, 5.41) is 9.44. The normalized spacial score (nSPS) is 43.2. The van der Waals surface area contributed by atoms with Crippen LogP contribution in [0.3, 0.4) is 0 Å². The summed E-state index contributed by atoms with van der Waals surface area (Å²) >= 11 is 0. The topological polar surface area (TPSA) is 74.7 Å². The van der Waals surface area contributed by atoms with Crippen molar-refractivity contribution in [2.75, 3.05) is 31.1 Å². The van der Waals surface area contributed by atoms with Gasteiger partial charge in [0.25, 0.3) is 0 Å². The van der Waals surface area contributed by atoms with Crippen LogP contribution in [0.4, 0.5) is 0 Å². The molecule has 0 spiro atoms. The Kier molecular flexibility index (Phi) is 7.84. The van der Waals surface area contributed by atoms with E-state index in [2.05, 4.69) is 57.7 Å². The van der Waals surface area contributed by atoms with Gasteiger partial charge in [-0.2, -0.15) is 0 Å². The molecule has 0 aromatic heterocycles. The van der Waals surface area contributed by atoms with Gasteiger partial charge >= 0.3 is 5.97 Å². The molecule has 1 heterocycles. The molecule has 2 unspecified atom stereocenters. The van der Waals surface area contributed by atoms with Crippen molar-refractivity contribution in [1.82, 2.24) is 4.90 Å². The molecule has 1 aliphatic heterocycles. The molecule has 6 heteroatoms. The van der Waals surface area contributed by atoms with Crippen molar-refractivity contribution in [3.8, 4) is 0 Å². The third-order valence-corrected chi connectivity index (χ3v) is 17.3. The Morgan fingerprint density at radius 1 is 0.870 bits per heavy atom. The van der Waals surface area contributed by atoms with E-state index in [0.29, 0.717) is 58.2 Å². The number of fused-ring (bicyclic) bond motifs is 7. The third-order valence-electron chi connectivity index (χ3n) is 15.7. The van der Waals surface area contributed by atoms with Crippen LogP contribution in [0.15, 0.2) is 42.5 Å². The zero-order valence-corrected chi connectivity index (χ0v) is 29.8. The number of carboxylic acids is 1. The van der Waals surface area contributed by atoms with E-state index in [1.807, 2.05) is 12.1 Å². The van der Waals surface area contributed by atoms with Crippen molar-refractivity contribution >= 4 is 21.4 Å². The zero-order valence-electron chi connectivity index (χ0n) is 29.0. The maximum absolute atomic E-state index is 11.9. The Morgan fingerprint density at radius 2 is 1.59 bits per heavy atom. The van der Waals surface area contributed by atoms with Gasteiger partial charge in [-0.15, -0.1) is 0 Å². The second-order valence-electron chi connectivity index (χ2n) is 17.7. The molecular weight excluding hydrogens is 591 g/mol. The molecule has 1 saturated heterocycles. The Bertz CT molecular complexity index is 1530. The number of sulfone groups is 1. The van der Waals surface area contributed by atoms with E-state index < -0.39 is 15.8 Å². The highest BCUT2D eigenvalue weighted by Gasteiger charge is 2.69. The van der Waals surface area contributed by atoms with E-state index in [4.69, 9.17) is 0 Å². The number of carboxylic acid groups (broad SMARTS) is 1. The number of hydrogen-bond donors (Lipinski definition) is 1. The summed E-state index contributed by atoms with van der Waals surface area (Å²) in [6.07, 6.45) is 20.7. The van der Waals surface area contributed by atoms with E-state index in [-0.39, 0.29) is 10.8 Å². The number of rotatable bonds is 5. The molecule has 1 aromatic carbocycles. The van der Waals surface area contributed by atoms with E-state index in [0.717, 1.165) is 24.8 Å². The molecule has 0 radical (unpaired) electrons. The van der Waals surface area contributed by atoms with E-state index >= 15 is 0 Å². The van der Waals surface area contributed by atoms with Gasteiger partial charge in [-0.25, -0.2) is 13.2 Å². The maximum Gasteiger partial charge on any atom is 0.335 e. The van der Waals surface area contributed by atoms with Gasteiger partial charge in [0, 0.05) is 19.6 Å². The summed E-state index contributed by atoms with van der Waals surface area (Å²) in [6.45, 7) is 15.2. The first-order valence-electron chi connectivity index (χ1n) is 18.3. The fourth-order valence-electron chi connectivity index (χ4n) is 13.2. The van der Waals surface area contributed by atoms with Crippen LogP contribution in [0.2, 0.25) is 0 Å². The van der Waals surface area contributed by atoms with Crippen LogP contribution < -0.4 is 0 Å². The Labute approximate surface area is 278 Å². The summed E-state index contributed by atoms with van der Waals surface area (Å²) in [7, 11) is -2.84. The van der Waals surface area contributed by atoms with Crippen LogP contribution in [-0.4, -0.2) is 55.5 Å². The number of aromatic carboxylic acids is 1. The number of nitrogens with zero attached hydrogens (tertiary/aromatic N) is 1. The van der Waals surface area contributed by atoms with Gasteiger partial charge < -0.3 is 5.11 Å². The third kappa shape index (κ3) is 4.84. The number of benzene rings is 1. The minimum absolute atomic E-state index is 0.0351. The highest BCUT2D eigenvalue weighted by molar-refractivity contribution is 7.91. The second kappa shape index (κ2) is 11.1. The van der Waals surface area contributed by atoms with Gasteiger partial charge in [0.2, 0.25) is 0 Å².